The van der Waals surface area contributed by atoms with Crippen LogP contribution in [0.1, 0.15) is 46.0 Å². The monoisotopic (exact) mass is 308 g/mol. The number of rotatable bonds is 3. The third kappa shape index (κ3) is 3.62. The smallest absolute Gasteiger partial charge is 0.138 e. The zero-order valence-electron chi connectivity index (χ0n) is 14.2. The van der Waals surface area contributed by atoms with Gasteiger partial charge in [-0.2, -0.15) is 11.8 Å². The fourth-order valence-electron chi connectivity index (χ4n) is 2.50. The summed E-state index contributed by atoms with van der Waals surface area (Å²) in [4.78, 5) is 12.1. The summed E-state index contributed by atoms with van der Waals surface area (Å²) >= 11 is 2.03. The molecule has 1 N–H and O–H groups in total. The summed E-state index contributed by atoms with van der Waals surface area (Å²) in [7, 11) is 0. The van der Waals surface area contributed by atoms with E-state index in [2.05, 4.69) is 51.8 Å². The summed E-state index contributed by atoms with van der Waals surface area (Å²) in [6.07, 6.45) is 0. The second kappa shape index (κ2) is 6.42. The highest BCUT2D eigenvalue weighted by atomic mass is 32.2. The fraction of sp³-hybridized carbons (Fsp3) is 0.750. The SMILES string of the molecule is CCNc1nc(C(C)(C)C)nc(N2CCSCC2C)c1C. The number of hydrogen-bond donors (Lipinski definition) is 1. The first kappa shape index (κ1) is 16.4. The van der Waals surface area contributed by atoms with E-state index >= 15 is 0 Å². The molecule has 118 valence electrons. The molecule has 2 heterocycles. The maximum atomic E-state index is 4.93. The summed E-state index contributed by atoms with van der Waals surface area (Å²) < 4.78 is 0. The highest BCUT2D eigenvalue weighted by Crippen LogP contribution is 2.31. The Balaban J connectivity index is 2.49. The van der Waals surface area contributed by atoms with Crippen molar-refractivity contribution in [2.45, 2.75) is 53.0 Å². The van der Waals surface area contributed by atoms with Crippen LogP contribution in [-0.4, -0.2) is 40.6 Å². The van der Waals surface area contributed by atoms with E-state index in [9.17, 15) is 0 Å². The number of nitrogens with zero attached hydrogens (tertiary/aromatic N) is 3. The Bertz CT molecular complexity index is 496. The van der Waals surface area contributed by atoms with Gasteiger partial charge in [0.2, 0.25) is 0 Å². The van der Waals surface area contributed by atoms with E-state index < -0.39 is 0 Å². The first-order chi connectivity index (χ1) is 9.84. The van der Waals surface area contributed by atoms with Gasteiger partial charge >= 0.3 is 0 Å². The Labute approximate surface area is 133 Å². The number of anilines is 2. The lowest BCUT2D eigenvalue weighted by Gasteiger charge is -2.36. The summed E-state index contributed by atoms with van der Waals surface area (Å²) in [5, 5.41) is 3.40. The van der Waals surface area contributed by atoms with Gasteiger partial charge in [-0.05, 0) is 20.8 Å². The van der Waals surface area contributed by atoms with Gasteiger partial charge in [0, 0.05) is 41.6 Å². The maximum absolute atomic E-state index is 4.93. The normalized spacial score (nSPS) is 19.7. The molecule has 0 bridgehead atoms. The number of aromatic nitrogens is 2. The van der Waals surface area contributed by atoms with Gasteiger partial charge in [0.1, 0.15) is 17.5 Å². The average Bonchev–Trinajstić information content (AvgIpc) is 2.41. The Hall–Kier alpha value is -0.970. The van der Waals surface area contributed by atoms with Gasteiger partial charge in [0.05, 0.1) is 0 Å². The first-order valence-corrected chi connectivity index (χ1v) is 8.97. The molecule has 1 atom stereocenters. The van der Waals surface area contributed by atoms with Crippen LogP contribution in [0.5, 0.6) is 0 Å². The van der Waals surface area contributed by atoms with Gasteiger partial charge in [-0.1, -0.05) is 20.8 Å². The predicted octanol–water partition coefficient (Wildman–Crippen LogP) is 3.46. The van der Waals surface area contributed by atoms with Crippen LogP contribution >= 0.6 is 11.8 Å². The van der Waals surface area contributed by atoms with Crippen molar-refractivity contribution in [1.29, 1.82) is 0 Å². The highest BCUT2D eigenvalue weighted by molar-refractivity contribution is 7.99. The molecule has 21 heavy (non-hydrogen) atoms. The molecule has 0 spiro atoms. The molecule has 0 radical (unpaired) electrons. The van der Waals surface area contributed by atoms with Crippen molar-refractivity contribution in [3.63, 3.8) is 0 Å². The lowest BCUT2D eigenvalue weighted by atomic mass is 9.95. The molecule has 1 aromatic rings. The van der Waals surface area contributed by atoms with Gasteiger partial charge in [0.25, 0.3) is 0 Å². The second-order valence-corrected chi connectivity index (χ2v) is 7.89. The molecule has 0 saturated carbocycles. The van der Waals surface area contributed by atoms with E-state index in [1.807, 2.05) is 11.8 Å². The Kier molecular flexibility index (Phi) is 5.02. The highest BCUT2D eigenvalue weighted by Gasteiger charge is 2.26. The minimum absolute atomic E-state index is 0.0413. The van der Waals surface area contributed by atoms with Crippen LogP contribution in [0.25, 0.3) is 0 Å². The zero-order valence-corrected chi connectivity index (χ0v) is 15.0. The van der Waals surface area contributed by atoms with E-state index in [-0.39, 0.29) is 5.41 Å². The molecule has 1 unspecified atom stereocenters. The van der Waals surface area contributed by atoms with Crippen LogP contribution in [0.15, 0.2) is 0 Å². The molecule has 0 aromatic carbocycles. The van der Waals surface area contributed by atoms with Gasteiger partial charge in [-0.15, -0.1) is 0 Å². The largest absolute Gasteiger partial charge is 0.370 e. The van der Waals surface area contributed by atoms with Crippen LogP contribution < -0.4 is 10.2 Å². The summed E-state index contributed by atoms with van der Waals surface area (Å²) in [5.74, 6) is 5.36. The van der Waals surface area contributed by atoms with Gasteiger partial charge in [-0.25, -0.2) is 9.97 Å². The molecule has 4 nitrogen and oxygen atoms in total. The first-order valence-electron chi connectivity index (χ1n) is 7.82. The molecule has 1 aliphatic rings. The van der Waals surface area contributed by atoms with Crippen molar-refractivity contribution >= 4 is 23.4 Å². The fourth-order valence-corrected chi connectivity index (χ4v) is 3.51. The number of hydrogen-bond acceptors (Lipinski definition) is 5. The topological polar surface area (TPSA) is 41.1 Å². The molecule has 1 aliphatic heterocycles. The van der Waals surface area contributed by atoms with E-state index in [0.717, 1.165) is 30.5 Å². The molecule has 1 saturated heterocycles. The summed E-state index contributed by atoms with van der Waals surface area (Å²) in [5.41, 5.74) is 1.13. The number of nitrogens with one attached hydrogen (secondary N) is 1. The Morgan fingerprint density at radius 3 is 2.62 bits per heavy atom. The third-order valence-electron chi connectivity index (χ3n) is 3.77. The van der Waals surface area contributed by atoms with E-state index in [0.29, 0.717) is 6.04 Å². The minimum Gasteiger partial charge on any atom is -0.370 e. The van der Waals surface area contributed by atoms with Crippen molar-refractivity contribution < 1.29 is 0 Å². The molecular formula is C16H28N4S. The Morgan fingerprint density at radius 1 is 1.33 bits per heavy atom. The predicted molar refractivity (Wildman–Crippen MR) is 93.8 cm³/mol. The maximum Gasteiger partial charge on any atom is 0.138 e. The van der Waals surface area contributed by atoms with E-state index in [1.54, 1.807) is 0 Å². The van der Waals surface area contributed by atoms with Crippen molar-refractivity contribution in [3.8, 4) is 0 Å². The molecule has 0 amide bonds. The standard InChI is InChI=1S/C16H28N4S/c1-7-17-13-12(3)14(19-15(18-13)16(4,5)6)20-8-9-21-10-11(20)2/h11H,7-10H2,1-6H3,(H,17,18,19). The van der Waals surface area contributed by atoms with Crippen molar-refractivity contribution in [2.24, 2.45) is 0 Å². The average molecular weight is 308 g/mol. The van der Waals surface area contributed by atoms with Gasteiger partial charge < -0.3 is 10.2 Å². The van der Waals surface area contributed by atoms with Crippen LogP contribution in [0.2, 0.25) is 0 Å². The minimum atomic E-state index is -0.0413. The molecule has 5 heteroatoms. The van der Waals surface area contributed by atoms with Gasteiger partial charge in [0.15, 0.2) is 0 Å². The lowest BCUT2D eigenvalue weighted by Crippen LogP contribution is -2.42. The van der Waals surface area contributed by atoms with Crippen LogP contribution in [-0.2, 0) is 5.41 Å². The Morgan fingerprint density at radius 2 is 2.05 bits per heavy atom. The quantitative estimate of drug-likeness (QED) is 0.926. The van der Waals surface area contributed by atoms with Crippen molar-refractivity contribution in [1.82, 2.24) is 9.97 Å². The number of thioether (sulfide) groups is 1. The van der Waals surface area contributed by atoms with Crippen molar-refractivity contribution in [3.05, 3.63) is 11.4 Å². The van der Waals surface area contributed by atoms with Crippen LogP contribution in [0.4, 0.5) is 11.6 Å². The summed E-state index contributed by atoms with van der Waals surface area (Å²) in [6.45, 7) is 15.0. The van der Waals surface area contributed by atoms with Crippen LogP contribution in [0.3, 0.4) is 0 Å². The molecular weight excluding hydrogens is 280 g/mol. The van der Waals surface area contributed by atoms with E-state index in [1.165, 1.54) is 17.1 Å². The third-order valence-corrected chi connectivity index (χ3v) is 4.96. The van der Waals surface area contributed by atoms with E-state index in [4.69, 9.17) is 9.97 Å². The molecule has 1 fully saturated rings. The van der Waals surface area contributed by atoms with Gasteiger partial charge in [-0.3, -0.25) is 0 Å². The molecule has 2 rings (SSSR count). The molecule has 1 aromatic heterocycles. The van der Waals surface area contributed by atoms with Crippen LogP contribution in [0, 0.1) is 6.92 Å². The molecule has 0 aliphatic carbocycles. The second-order valence-electron chi connectivity index (χ2n) is 6.74. The summed E-state index contributed by atoms with van der Waals surface area (Å²) in [6, 6.07) is 0.527. The van der Waals surface area contributed by atoms with Crippen molar-refractivity contribution in [2.75, 3.05) is 34.8 Å². The lowest BCUT2D eigenvalue weighted by molar-refractivity contribution is 0.542. The zero-order chi connectivity index (χ0) is 15.6.